The van der Waals surface area contributed by atoms with Gasteiger partial charge in [0, 0.05) is 12.8 Å². The number of unbranched alkanes of at least 4 members (excludes halogenated alkanes) is 10. The number of carbonyl (C=O) groups excluding carboxylic acids is 2. The summed E-state index contributed by atoms with van der Waals surface area (Å²) in [5.41, 5.74) is 0. The van der Waals surface area contributed by atoms with Gasteiger partial charge in [0.05, 0.1) is 0 Å². The lowest BCUT2D eigenvalue weighted by atomic mass is 10.0. The standard InChI is InChI=1S/C20H37NO4/c1-3-4-5-6-7-8-9-10-11-12-13-14-19(23)21-18(20(24)25)16-15-17(2)22/h18H,3-16H2,1-2H3,(H,21,23)(H,24,25)/t18-/m0/s1. The highest BCUT2D eigenvalue weighted by Crippen LogP contribution is 2.12. The lowest BCUT2D eigenvalue weighted by Crippen LogP contribution is -2.40. The van der Waals surface area contributed by atoms with Crippen LogP contribution in [0.25, 0.3) is 0 Å². The van der Waals surface area contributed by atoms with Crippen LogP contribution in [-0.2, 0) is 14.4 Å². The van der Waals surface area contributed by atoms with E-state index in [9.17, 15) is 14.4 Å². The van der Waals surface area contributed by atoms with Crippen molar-refractivity contribution in [1.82, 2.24) is 5.32 Å². The number of amides is 1. The van der Waals surface area contributed by atoms with E-state index in [0.717, 1.165) is 19.3 Å². The minimum absolute atomic E-state index is 0.0640. The molecule has 1 atom stereocenters. The fraction of sp³-hybridized carbons (Fsp3) is 0.850. The molecular formula is C20H37NO4. The molecular weight excluding hydrogens is 318 g/mol. The largest absolute Gasteiger partial charge is 0.480 e. The van der Waals surface area contributed by atoms with Gasteiger partial charge in [0.1, 0.15) is 11.8 Å². The topological polar surface area (TPSA) is 83.5 Å². The molecule has 0 heterocycles. The Kier molecular flexibility index (Phi) is 15.2. The third kappa shape index (κ3) is 15.9. The predicted molar refractivity (Wildman–Crippen MR) is 101 cm³/mol. The van der Waals surface area contributed by atoms with Crippen molar-refractivity contribution in [2.45, 2.75) is 110 Å². The molecule has 2 N–H and O–H groups in total. The van der Waals surface area contributed by atoms with Gasteiger partial charge in [-0.25, -0.2) is 4.79 Å². The Labute approximate surface area is 153 Å². The van der Waals surface area contributed by atoms with E-state index in [4.69, 9.17) is 5.11 Å². The molecule has 0 aliphatic rings. The zero-order valence-corrected chi connectivity index (χ0v) is 16.1. The summed E-state index contributed by atoms with van der Waals surface area (Å²) in [7, 11) is 0. The molecule has 0 spiro atoms. The molecule has 0 saturated heterocycles. The monoisotopic (exact) mass is 355 g/mol. The van der Waals surface area contributed by atoms with Gasteiger partial charge < -0.3 is 15.2 Å². The van der Waals surface area contributed by atoms with Gasteiger partial charge in [0.2, 0.25) is 5.91 Å². The lowest BCUT2D eigenvalue weighted by molar-refractivity contribution is -0.142. The maximum absolute atomic E-state index is 11.8. The zero-order valence-electron chi connectivity index (χ0n) is 16.1. The van der Waals surface area contributed by atoms with E-state index in [0.29, 0.717) is 6.42 Å². The van der Waals surface area contributed by atoms with Crippen LogP contribution in [0.15, 0.2) is 0 Å². The average molecular weight is 356 g/mol. The Bertz CT molecular complexity index is 382. The van der Waals surface area contributed by atoms with Crippen molar-refractivity contribution in [3.8, 4) is 0 Å². The van der Waals surface area contributed by atoms with Gasteiger partial charge in [-0.1, -0.05) is 71.1 Å². The Hall–Kier alpha value is -1.39. The fourth-order valence-electron chi connectivity index (χ4n) is 2.82. The van der Waals surface area contributed by atoms with Crippen LogP contribution in [0.1, 0.15) is 104 Å². The van der Waals surface area contributed by atoms with E-state index in [1.165, 1.54) is 58.3 Å². The molecule has 0 aliphatic carbocycles. The van der Waals surface area contributed by atoms with E-state index in [1.54, 1.807) is 0 Å². The van der Waals surface area contributed by atoms with Gasteiger partial charge in [-0.15, -0.1) is 0 Å². The Morgan fingerprint density at radius 3 is 1.72 bits per heavy atom. The van der Waals surface area contributed by atoms with Crippen LogP contribution >= 0.6 is 0 Å². The number of rotatable bonds is 17. The summed E-state index contributed by atoms with van der Waals surface area (Å²) in [6.07, 6.45) is 14.1. The van der Waals surface area contributed by atoms with Crippen LogP contribution in [0.3, 0.4) is 0 Å². The minimum atomic E-state index is -1.08. The SMILES string of the molecule is CCCCCCCCCCCCCC(=O)N[C@@H](CCC(C)=O)C(=O)O. The molecule has 0 saturated carbocycles. The van der Waals surface area contributed by atoms with Gasteiger partial charge in [0.15, 0.2) is 0 Å². The molecule has 0 aliphatic heterocycles. The van der Waals surface area contributed by atoms with Crippen LogP contribution < -0.4 is 5.32 Å². The smallest absolute Gasteiger partial charge is 0.326 e. The van der Waals surface area contributed by atoms with E-state index in [2.05, 4.69) is 12.2 Å². The third-order valence-electron chi connectivity index (χ3n) is 4.43. The third-order valence-corrected chi connectivity index (χ3v) is 4.43. The second-order valence-electron chi connectivity index (χ2n) is 6.98. The molecule has 0 aromatic rings. The lowest BCUT2D eigenvalue weighted by Gasteiger charge is -2.13. The number of hydrogen-bond donors (Lipinski definition) is 2. The number of aliphatic carboxylic acids is 1. The first-order valence-electron chi connectivity index (χ1n) is 9.99. The van der Waals surface area contributed by atoms with Gasteiger partial charge >= 0.3 is 5.97 Å². The number of nitrogens with one attached hydrogen (secondary N) is 1. The number of carbonyl (C=O) groups is 3. The van der Waals surface area contributed by atoms with Crippen molar-refractivity contribution in [2.75, 3.05) is 0 Å². The van der Waals surface area contributed by atoms with Gasteiger partial charge in [0.25, 0.3) is 0 Å². The molecule has 0 fully saturated rings. The number of hydrogen-bond acceptors (Lipinski definition) is 3. The number of carboxylic acid groups (broad SMARTS) is 1. The normalized spacial score (nSPS) is 11.9. The van der Waals surface area contributed by atoms with Crippen molar-refractivity contribution in [3.63, 3.8) is 0 Å². The summed E-state index contributed by atoms with van der Waals surface area (Å²) in [5, 5.41) is 11.6. The van der Waals surface area contributed by atoms with Gasteiger partial charge in [-0.2, -0.15) is 0 Å². The maximum atomic E-state index is 11.8. The summed E-state index contributed by atoms with van der Waals surface area (Å²) in [6.45, 7) is 3.65. The van der Waals surface area contributed by atoms with Crippen LogP contribution in [0.2, 0.25) is 0 Å². The molecule has 0 rings (SSSR count). The molecule has 0 aromatic heterocycles. The Morgan fingerprint density at radius 1 is 0.800 bits per heavy atom. The summed E-state index contributed by atoms with van der Waals surface area (Å²) in [6, 6.07) is -0.955. The average Bonchev–Trinajstić information content (AvgIpc) is 2.56. The van der Waals surface area contributed by atoms with Crippen LogP contribution in [-0.4, -0.2) is 28.8 Å². The number of ketones is 1. The molecule has 5 heteroatoms. The quantitative estimate of drug-likeness (QED) is 0.373. The van der Waals surface area contributed by atoms with Gasteiger partial charge in [-0.3, -0.25) is 4.79 Å². The summed E-state index contributed by atoms with van der Waals surface area (Å²) >= 11 is 0. The molecule has 146 valence electrons. The summed E-state index contributed by atoms with van der Waals surface area (Å²) < 4.78 is 0. The van der Waals surface area contributed by atoms with Gasteiger partial charge in [-0.05, 0) is 19.8 Å². The summed E-state index contributed by atoms with van der Waals surface area (Å²) in [5.74, 6) is -1.37. The first kappa shape index (κ1) is 23.6. The predicted octanol–water partition coefficient (Wildman–Crippen LogP) is 4.63. The van der Waals surface area contributed by atoms with Crippen LogP contribution in [0, 0.1) is 0 Å². The minimum Gasteiger partial charge on any atom is -0.480 e. The Morgan fingerprint density at radius 2 is 1.28 bits per heavy atom. The van der Waals surface area contributed by atoms with E-state index in [1.807, 2.05) is 0 Å². The number of Topliss-reactive ketones (excluding diaryl/α,β-unsaturated/α-hetero) is 1. The molecule has 0 unspecified atom stereocenters. The van der Waals surface area contributed by atoms with Crippen molar-refractivity contribution in [3.05, 3.63) is 0 Å². The molecule has 1 amide bonds. The maximum Gasteiger partial charge on any atom is 0.326 e. The summed E-state index contributed by atoms with van der Waals surface area (Å²) in [4.78, 5) is 33.8. The van der Waals surface area contributed by atoms with Crippen molar-refractivity contribution in [1.29, 1.82) is 0 Å². The first-order chi connectivity index (χ1) is 12.0. The highest BCUT2D eigenvalue weighted by atomic mass is 16.4. The Balaban J connectivity index is 3.58. The van der Waals surface area contributed by atoms with Crippen LogP contribution in [0.4, 0.5) is 0 Å². The van der Waals surface area contributed by atoms with Crippen molar-refractivity contribution >= 4 is 17.7 Å². The van der Waals surface area contributed by atoms with Crippen LogP contribution in [0.5, 0.6) is 0 Å². The molecule has 0 aromatic carbocycles. The highest BCUT2D eigenvalue weighted by molar-refractivity contribution is 5.84. The zero-order chi connectivity index (χ0) is 18.9. The van der Waals surface area contributed by atoms with Crippen molar-refractivity contribution < 1.29 is 19.5 Å². The van der Waals surface area contributed by atoms with E-state index >= 15 is 0 Å². The molecule has 0 bridgehead atoms. The second-order valence-corrected chi connectivity index (χ2v) is 6.98. The fourth-order valence-corrected chi connectivity index (χ4v) is 2.82. The van der Waals surface area contributed by atoms with Crippen molar-refractivity contribution in [2.24, 2.45) is 0 Å². The highest BCUT2D eigenvalue weighted by Gasteiger charge is 2.19. The molecule has 25 heavy (non-hydrogen) atoms. The second kappa shape index (κ2) is 16.1. The first-order valence-corrected chi connectivity index (χ1v) is 9.99. The number of carboxylic acids is 1. The molecule has 0 radical (unpaired) electrons. The van der Waals surface area contributed by atoms with E-state index < -0.39 is 12.0 Å². The van der Waals surface area contributed by atoms with E-state index in [-0.39, 0.29) is 24.5 Å². The molecule has 5 nitrogen and oxygen atoms in total.